The van der Waals surface area contributed by atoms with Gasteiger partial charge < -0.3 is 15.4 Å². The molecule has 0 aliphatic heterocycles. The van der Waals surface area contributed by atoms with E-state index in [1.165, 1.54) is 30.6 Å². The van der Waals surface area contributed by atoms with Crippen molar-refractivity contribution in [3.8, 4) is 0 Å². The average Bonchev–Trinajstić information content (AvgIpc) is 3.16. The van der Waals surface area contributed by atoms with Gasteiger partial charge in [-0.3, -0.25) is 4.79 Å². The van der Waals surface area contributed by atoms with Crippen molar-refractivity contribution >= 4 is 28.3 Å². The summed E-state index contributed by atoms with van der Waals surface area (Å²) in [5.41, 5.74) is 1.35. The van der Waals surface area contributed by atoms with Gasteiger partial charge in [-0.1, -0.05) is 62.4 Å². The number of esters is 1. The van der Waals surface area contributed by atoms with Gasteiger partial charge in [-0.25, -0.2) is 9.78 Å². The van der Waals surface area contributed by atoms with E-state index in [1.807, 2.05) is 30.3 Å². The number of amides is 1. The molecule has 1 aliphatic rings. The summed E-state index contributed by atoms with van der Waals surface area (Å²) in [7, 11) is 0. The molecule has 0 atom stereocenters. The normalized spacial score (nSPS) is 15.3. The molecule has 0 radical (unpaired) electrons. The topological polar surface area (TPSA) is 80.3 Å². The predicted octanol–water partition coefficient (Wildman–Crippen LogP) is 4.14. The Morgan fingerprint density at radius 3 is 2.54 bits per heavy atom. The largest absolute Gasteiger partial charge is 0.451 e. The molecule has 0 bridgehead atoms. The Morgan fingerprint density at radius 1 is 1.07 bits per heavy atom. The summed E-state index contributed by atoms with van der Waals surface area (Å²) >= 11 is 1.34. The average molecular weight is 402 g/mol. The molecule has 0 saturated heterocycles. The van der Waals surface area contributed by atoms with Crippen LogP contribution in [0.3, 0.4) is 0 Å². The molecule has 28 heavy (non-hydrogen) atoms. The van der Waals surface area contributed by atoms with E-state index in [4.69, 9.17) is 4.74 Å². The first-order valence-corrected chi connectivity index (χ1v) is 10.8. The smallest absolute Gasteiger partial charge is 0.358 e. The molecule has 1 aromatic carbocycles. The lowest BCUT2D eigenvalue weighted by Gasteiger charge is -2.20. The lowest BCUT2D eigenvalue weighted by Crippen LogP contribution is -2.38. The van der Waals surface area contributed by atoms with Crippen LogP contribution >= 0.6 is 11.3 Å². The zero-order chi connectivity index (χ0) is 19.6. The van der Waals surface area contributed by atoms with Gasteiger partial charge in [0.2, 0.25) is 0 Å². The Bertz CT molecular complexity index is 755. The van der Waals surface area contributed by atoms with Crippen molar-refractivity contribution in [1.29, 1.82) is 0 Å². The Labute approximate surface area is 169 Å². The lowest BCUT2D eigenvalue weighted by atomic mass is 9.97. The molecular weight excluding hydrogens is 374 g/mol. The first-order valence-electron chi connectivity index (χ1n) is 9.90. The van der Waals surface area contributed by atoms with E-state index in [9.17, 15) is 9.59 Å². The number of nitrogens with one attached hydrogen (secondary N) is 2. The molecule has 150 valence electrons. The van der Waals surface area contributed by atoms with Crippen LogP contribution in [0, 0.1) is 0 Å². The van der Waals surface area contributed by atoms with Crippen LogP contribution in [0.5, 0.6) is 0 Å². The van der Waals surface area contributed by atoms with Crippen molar-refractivity contribution in [2.24, 2.45) is 0 Å². The van der Waals surface area contributed by atoms with Gasteiger partial charge in [-0.2, -0.15) is 0 Å². The molecule has 0 spiro atoms. The van der Waals surface area contributed by atoms with Crippen LogP contribution in [0.1, 0.15) is 61.0 Å². The fraction of sp³-hybridized carbons (Fsp3) is 0.476. The van der Waals surface area contributed by atoms with Crippen LogP contribution in [0.2, 0.25) is 0 Å². The molecular formula is C21H27N3O3S. The van der Waals surface area contributed by atoms with Crippen molar-refractivity contribution in [3.63, 3.8) is 0 Å². The maximum atomic E-state index is 12.1. The number of carbonyl (C=O) groups excluding carboxylic acids is 2. The van der Waals surface area contributed by atoms with E-state index in [-0.39, 0.29) is 24.2 Å². The van der Waals surface area contributed by atoms with Crippen LogP contribution in [0.4, 0.5) is 5.13 Å². The molecule has 1 saturated carbocycles. The minimum absolute atomic E-state index is 0.194. The summed E-state index contributed by atoms with van der Waals surface area (Å²) in [5.74, 6) is -0.812. The highest BCUT2D eigenvalue weighted by Gasteiger charge is 2.17. The van der Waals surface area contributed by atoms with E-state index < -0.39 is 5.97 Å². The lowest BCUT2D eigenvalue weighted by molar-refractivity contribution is -0.125. The van der Waals surface area contributed by atoms with Gasteiger partial charge in [-0.05, 0) is 18.4 Å². The van der Waals surface area contributed by atoms with Crippen molar-refractivity contribution in [2.75, 3.05) is 11.9 Å². The molecule has 3 rings (SSSR count). The first kappa shape index (κ1) is 20.3. The van der Waals surface area contributed by atoms with E-state index in [2.05, 4.69) is 15.6 Å². The zero-order valence-electron chi connectivity index (χ0n) is 16.0. The standard InChI is InChI=1S/C21H27N3O3S/c25-19(23-17-11-7-2-1-3-8-12-17)14-27-20(26)18-15-28-21(24-18)22-13-16-9-5-4-6-10-16/h4-6,9-10,15,17H,1-3,7-8,11-14H2,(H,22,24)(H,23,25). The molecule has 6 nitrogen and oxygen atoms in total. The van der Waals surface area contributed by atoms with Gasteiger partial charge in [0.25, 0.3) is 5.91 Å². The summed E-state index contributed by atoms with van der Waals surface area (Å²) in [5, 5.41) is 8.47. The molecule has 1 aliphatic carbocycles. The van der Waals surface area contributed by atoms with Crippen molar-refractivity contribution < 1.29 is 14.3 Å². The maximum Gasteiger partial charge on any atom is 0.358 e. The number of ether oxygens (including phenoxy) is 1. The van der Waals surface area contributed by atoms with Gasteiger partial charge in [0.15, 0.2) is 17.4 Å². The van der Waals surface area contributed by atoms with Gasteiger partial charge in [-0.15, -0.1) is 11.3 Å². The van der Waals surface area contributed by atoms with Gasteiger partial charge in [0.05, 0.1) is 0 Å². The molecule has 7 heteroatoms. The quantitative estimate of drug-likeness (QED) is 0.682. The molecule has 1 heterocycles. The van der Waals surface area contributed by atoms with Crippen LogP contribution in [-0.2, 0) is 16.1 Å². The molecule has 2 N–H and O–H groups in total. The third-order valence-electron chi connectivity index (χ3n) is 4.80. The van der Waals surface area contributed by atoms with Gasteiger partial charge in [0, 0.05) is 18.0 Å². The number of nitrogens with zero attached hydrogens (tertiary/aromatic N) is 1. The SMILES string of the molecule is O=C(COC(=O)c1csc(NCc2ccccc2)n1)NC1CCCCCCC1. The molecule has 1 aromatic heterocycles. The summed E-state index contributed by atoms with van der Waals surface area (Å²) in [6, 6.07) is 10.1. The third-order valence-corrected chi connectivity index (χ3v) is 5.60. The maximum absolute atomic E-state index is 12.1. The summed E-state index contributed by atoms with van der Waals surface area (Å²) < 4.78 is 5.13. The fourth-order valence-electron chi connectivity index (χ4n) is 3.30. The van der Waals surface area contributed by atoms with E-state index in [0.717, 1.165) is 31.2 Å². The Morgan fingerprint density at radius 2 is 1.79 bits per heavy atom. The highest BCUT2D eigenvalue weighted by molar-refractivity contribution is 7.13. The van der Waals surface area contributed by atoms with Gasteiger partial charge in [0.1, 0.15) is 0 Å². The number of benzene rings is 1. The minimum Gasteiger partial charge on any atom is -0.451 e. The van der Waals surface area contributed by atoms with Crippen molar-refractivity contribution in [3.05, 3.63) is 47.0 Å². The van der Waals surface area contributed by atoms with Gasteiger partial charge >= 0.3 is 5.97 Å². The molecule has 1 amide bonds. The fourth-order valence-corrected chi connectivity index (χ4v) is 3.98. The summed E-state index contributed by atoms with van der Waals surface area (Å²) in [6.45, 7) is 0.367. The number of anilines is 1. The number of aromatic nitrogens is 1. The highest BCUT2D eigenvalue weighted by atomic mass is 32.1. The van der Waals surface area contributed by atoms with Crippen LogP contribution in [-0.4, -0.2) is 29.5 Å². The first-order chi connectivity index (χ1) is 13.7. The molecule has 0 unspecified atom stereocenters. The Kier molecular flexibility index (Phi) is 7.84. The minimum atomic E-state index is -0.572. The Hall–Kier alpha value is -2.41. The number of rotatable bonds is 7. The molecule has 1 fully saturated rings. The second-order valence-corrected chi connectivity index (χ2v) is 7.92. The third kappa shape index (κ3) is 6.64. The zero-order valence-corrected chi connectivity index (χ0v) is 16.8. The molecule has 2 aromatic rings. The van der Waals surface area contributed by atoms with E-state index in [0.29, 0.717) is 11.7 Å². The monoisotopic (exact) mass is 401 g/mol. The number of hydrogen-bond acceptors (Lipinski definition) is 6. The summed E-state index contributed by atoms with van der Waals surface area (Å²) in [6.07, 6.45) is 8.03. The van der Waals surface area contributed by atoms with Crippen LogP contribution in [0.15, 0.2) is 35.7 Å². The van der Waals surface area contributed by atoms with E-state index >= 15 is 0 Å². The number of thiazole rings is 1. The summed E-state index contributed by atoms with van der Waals surface area (Å²) in [4.78, 5) is 28.5. The predicted molar refractivity (Wildman–Crippen MR) is 110 cm³/mol. The van der Waals surface area contributed by atoms with Crippen LogP contribution < -0.4 is 10.6 Å². The number of hydrogen-bond donors (Lipinski definition) is 2. The van der Waals surface area contributed by atoms with Crippen molar-refractivity contribution in [1.82, 2.24) is 10.3 Å². The second kappa shape index (κ2) is 10.8. The number of carbonyl (C=O) groups is 2. The highest BCUT2D eigenvalue weighted by Crippen LogP contribution is 2.18. The Balaban J connectivity index is 1.40. The van der Waals surface area contributed by atoms with Crippen LogP contribution in [0.25, 0.3) is 0 Å². The second-order valence-electron chi connectivity index (χ2n) is 7.06. The van der Waals surface area contributed by atoms with E-state index in [1.54, 1.807) is 5.38 Å². The van der Waals surface area contributed by atoms with Crippen molar-refractivity contribution in [2.45, 2.75) is 57.5 Å².